The zero-order chi connectivity index (χ0) is 12.3. The highest BCUT2D eigenvalue weighted by atomic mass is 16.6. The van der Waals surface area contributed by atoms with Crippen molar-refractivity contribution in [3.05, 3.63) is 23.8 Å². The van der Waals surface area contributed by atoms with Gasteiger partial charge in [-0.1, -0.05) is 6.07 Å². The SMILES string of the molecule is COc1cc([C@@H](C)N)ccc1OC1CCOC1. The molecule has 0 amide bonds. The highest BCUT2D eigenvalue weighted by Crippen LogP contribution is 2.31. The lowest BCUT2D eigenvalue weighted by Gasteiger charge is -2.16. The number of nitrogens with two attached hydrogens (primary N) is 1. The van der Waals surface area contributed by atoms with Gasteiger partial charge in [-0.05, 0) is 24.6 Å². The number of benzene rings is 1. The van der Waals surface area contributed by atoms with E-state index in [0.29, 0.717) is 6.61 Å². The van der Waals surface area contributed by atoms with Gasteiger partial charge >= 0.3 is 0 Å². The summed E-state index contributed by atoms with van der Waals surface area (Å²) in [4.78, 5) is 0. The fraction of sp³-hybridized carbons (Fsp3) is 0.538. The van der Waals surface area contributed by atoms with E-state index in [1.807, 2.05) is 25.1 Å². The van der Waals surface area contributed by atoms with Gasteiger partial charge in [0.1, 0.15) is 6.10 Å². The maximum absolute atomic E-state index is 5.84. The van der Waals surface area contributed by atoms with E-state index in [4.69, 9.17) is 19.9 Å². The van der Waals surface area contributed by atoms with Gasteiger partial charge in [0.25, 0.3) is 0 Å². The Morgan fingerprint density at radius 3 is 2.82 bits per heavy atom. The summed E-state index contributed by atoms with van der Waals surface area (Å²) in [7, 11) is 1.64. The predicted octanol–water partition coefficient (Wildman–Crippen LogP) is 1.88. The molecule has 1 aromatic rings. The van der Waals surface area contributed by atoms with Gasteiger partial charge in [0.2, 0.25) is 0 Å². The van der Waals surface area contributed by atoms with E-state index in [1.165, 1.54) is 0 Å². The molecule has 0 saturated carbocycles. The number of ether oxygens (including phenoxy) is 3. The maximum Gasteiger partial charge on any atom is 0.161 e. The van der Waals surface area contributed by atoms with Gasteiger partial charge in [-0.25, -0.2) is 0 Å². The number of rotatable bonds is 4. The van der Waals surface area contributed by atoms with Crippen LogP contribution in [0.25, 0.3) is 0 Å². The van der Waals surface area contributed by atoms with Crippen LogP contribution >= 0.6 is 0 Å². The van der Waals surface area contributed by atoms with Gasteiger partial charge in [-0.15, -0.1) is 0 Å². The lowest BCUT2D eigenvalue weighted by atomic mass is 10.1. The van der Waals surface area contributed by atoms with Crippen molar-refractivity contribution in [1.82, 2.24) is 0 Å². The summed E-state index contributed by atoms with van der Waals surface area (Å²) in [5.41, 5.74) is 6.87. The Hall–Kier alpha value is -1.26. The molecule has 2 rings (SSSR count). The molecule has 2 N–H and O–H groups in total. The van der Waals surface area contributed by atoms with Gasteiger partial charge in [0.15, 0.2) is 11.5 Å². The standard InChI is InChI=1S/C13H19NO3/c1-9(14)10-3-4-12(13(7-10)15-2)17-11-5-6-16-8-11/h3-4,7,9,11H,5-6,8,14H2,1-2H3/t9-,11?/m1/s1. The van der Waals surface area contributed by atoms with Crippen LogP contribution in [0.2, 0.25) is 0 Å². The summed E-state index contributed by atoms with van der Waals surface area (Å²) in [6.07, 6.45) is 1.06. The van der Waals surface area contributed by atoms with Crippen LogP contribution in [-0.2, 0) is 4.74 Å². The highest BCUT2D eigenvalue weighted by molar-refractivity contribution is 5.43. The summed E-state index contributed by atoms with van der Waals surface area (Å²) in [5.74, 6) is 1.49. The third-order valence-corrected chi connectivity index (χ3v) is 2.90. The molecule has 0 aliphatic carbocycles. The fourth-order valence-electron chi connectivity index (χ4n) is 1.85. The monoisotopic (exact) mass is 237 g/mol. The largest absolute Gasteiger partial charge is 0.493 e. The molecule has 1 fully saturated rings. The zero-order valence-electron chi connectivity index (χ0n) is 10.3. The average molecular weight is 237 g/mol. The first kappa shape index (κ1) is 12.2. The highest BCUT2D eigenvalue weighted by Gasteiger charge is 2.19. The van der Waals surface area contributed by atoms with Gasteiger partial charge in [-0.2, -0.15) is 0 Å². The molecule has 4 heteroatoms. The summed E-state index contributed by atoms with van der Waals surface area (Å²) in [5, 5.41) is 0. The van der Waals surface area contributed by atoms with Crippen LogP contribution in [0, 0.1) is 0 Å². The molecule has 4 nitrogen and oxygen atoms in total. The Labute approximate surface area is 102 Å². The molecular weight excluding hydrogens is 218 g/mol. The summed E-state index contributed by atoms with van der Waals surface area (Å²) in [6.45, 7) is 3.36. The van der Waals surface area contributed by atoms with Crippen molar-refractivity contribution in [2.75, 3.05) is 20.3 Å². The van der Waals surface area contributed by atoms with Crippen LogP contribution < -0.4 is 15.2 Å². The Morgan fingerprint density at radius 2 is 2.24 bits per heavy atom. The minimum atomic E-state index is -0.00670. The normalized spacial score (nSPS) is 21.2. The van der Waals surface area contributed by atoms with Crippen molar-refractivity contribution < 1.29 is 14.2 Å². The predicted molar refractivity (Wildman–Crippen MR) is 65.4 cm³/mol. The quantitative estimate of drug-likeness (QED) is 0.868. The number of methoxy groups -OCH3 is 1. The first-order valence-electron chi connectivity index (χ1n) is 5.88. The minimum Gasteiger partial charge on any atom is -0.493 e. The Bertz CT molecular complexity index is 373. The van der Waals surface area contributed by atoms with Crippen LogP contribution in [0.3, 0.4) is 0 Å². The third kappa shape index (κ3) is 2.90. The van der Waals surface area contributed by atoms with Crippen LogP contribution in [0.4, 0.5) is 0 Å². The molecule has 0 aromatic heterocycles. The van der Waals surface area contributed by atoms with Gasteiger partial charge in [0.05, 0.1) is 20.3 Å². The van der Waals surface area contributed by atoms with Crippen molar-refractivity contribution in [3.63, 3.8) is 0 Å². The molecular formula is C13H19NO3. The number of hydrogen-bond donors (Lipinski definition) is 1. The van der Waals surface area contributed by atoms with Crippen LogP contribution in [0.15, 0.2) is 18.2 Å². The van der Waals surface area contributed by atoms with Crippen LogP contribution in [-0.4, -0.2) is 26.4 Å². The van der Waals surface area contributed by atoms with Crippen LogP contribution in [0.1, 0.15) is 24.9 Å². The topological polar surface area (TPSA) is 53.7 Å². The van der Waals surface area contributed by atoms with E-state index in [-0.39, 0.29) is 12.1 Å². The van der Waals surface area contributed by atoms with Crippen molar-refractivity contribution >= 4 is 0 Å². The smallest absolute Gasteiger partial charge is 0.161 e. The summed E-state index contributed by atoms with van der Waals surface area (Å²) >= 11 is 0. The van der Waals surface area contributed by atoms with Gasteiger partial charge in [-0.3, -0.25) is 0 Å². The van der Waals surface area contributed by atoms with E-state index in [2.05, 4.69) is 0 Å². The Balaban J connectivity index is 2.15. The second-order valence-electron chi connectivity index (χ2n) is 4.30. The number of hydrogen-bond acceptors (Lipinski definition) is 4. The van der Waals surface area contributed by atoms with Gasteiger partial charge in [0, 0.05) is 12.5 Å². The lowest BCUT2D eigenvalue weighted by Crippen LogP contribution is -2.16. The second kappa shape index (κ2) is 5.38. The third-order valence-electron chi connectivity index (χ3n) is 2.90. The second-order valence-corrected chi connectivity index (χ2v) is 4.30. The van der Waals surface area contributed by atoms with Crippen molar-refractivity contribution in [2.45, 2.75) is 25.5 Å². The minimum absolute atomic E-state index is 0.00670. The van der Waals surface area contributed by atoms with E-state index >= 15 is 0 Å². The molecule has 0 radical (unpaired) electrons. The molecule has 0 bridgehead atoms. The molecule has 1 aromatic carbocycles. The molecule has 1 unspecified atom stereocenters. The van der Waals surface area contributed by atoms with E-state index in [0.717, 1.165) is 30.1 Å². The van der Waals surface area contributed by atoms with E-state index in [1.54, 1.807) is 7.11 Å². The summed E-state index contributed by atoms with van der Waals surface area (Å²) in [6, 6.07) is 5.80. The zero-order valence-corrected chi connectivity index (χ0v) is 10.3. The van der Waals surface area contributed by atoms with Crippen molar-refractivity contribution in [3.8, 4) is 11.5 Å². The molecule has 1 aliphatic heterocycles. The molecule has 0 spiro atoms. The van der Waals surface area contributed by atoms with Crippen LogP contribution in [0.5, 0.6) is 11.5 Å². The first-order valence-corrected chi connectivity index (χ1v) is 5.88. The molecule has 1 saturated heterocycles. The molecule has 2 atom stereocenters. The average Bonchev–Trinajstić information content (AvgIpc) is 2.82. The van der Waals surface area contributed by atoms with E-state index in [9.17, 15) is 0 Å². The summed E-state index contributed by atoms with van der Waals surface area (Å²) < 4.78 is 16.4. The van der Waals surface area contributed by atoms with Crippen molar-refractivity contribution in [1.29, 1.82) is 0 Å². The van der Waals surface area contributed by atoms with Crippen molar-refractivity contribution in [2.24, 2.45) is 5.73 Å². The molecule has 1 heterocycles. The first-order chi connectivity index (χ1) is 8.20. The van der Waals surface area contributed by atoms with E-state index < -0.39 is 0 Å². The Kier molecular flexibility index (Phi) is 3.86. The lowest BCUT2D eigenvalue weighted by molar-refractivity contribution is 0.138. The fourth-order valence-corrected chi connectivity index (χ4v) is 1.85. The molecule has 17 heavy (non-hydrogen) atoms. The Morgan fingerprint density at radius 1 is 1.41 bits per heavy atom. The molecule has 94 valence electrons. The molecule has 1 aliphatic rings. The maximum atomic E-state index is 5.84. The van der Waals surface area contributed by atoms with Gasteiger partial charge < -0.3 is 19.9 Å².